The molecule has 0 fully saturated rings. The molecule has 4 heteroatoms. The van der Waals surface area contributed by atoms with E-state index >= 15 is 0 Å². The van der Waals surface area contributed by atoms with Crippen molar-refractivity contribution in [1.82, 2.24) is 0 Å². The highest BCUT2D eigenvalue weighted by Crippen LogP contribution is 2.27. The molecule has 0 amide bonds. The first-order valence-electron chi connectivity index (χ1n) is 6.34. The van der Waals surface area contributed by atoms with Crippen molar-refractivity contribution in [2.75, 3.05) is 11.9 Å². The zero-order valence-corrected chi connectivity index (χ0v) is 13.7. The SMILES string of the molecule is CC(N)Cc1ccc(Br)cc1N(C)Cc1cccs1. The Labute approximate surface area is 127 Å². The van der Waals surface area contributed by atoms with E-state index in [-0.39, 0.29) is 6.04 Å². The molecule has 2 rings (SSSR count). The second-order valence-corrected chi connectivity index (χ2v) is 6.84. The number of benzene rings is 1. The van der Waals surface area contributed by atoms with Crippen LogP contribution in [0.4, 0.5) is 5.69 Å². The van der Waals surface area contributed by atoms with Crippen LogP contribution in [0.1, 0.15) is 17.4 Å². The third-order valence-corrected chi connectivity index (χ3v) is 4.33. The van der Waals surface area contributed by atoms with E-state index in [1.54, 1.807) is 11.3 Å². The molecule has 0 aliphatic carbocycles. The number of anilines is 1. The first-order chi connectivity index (χ1) is 9.06. The van der Waals surface area contributed by atoms with E-state index in [2.05, 4.69) is 63.6 Å². The van der Waals surface area contributed by atoms with E-state index in [9.17, 15) is 0 Å². The van der Waals surface area contributed by atoms with Crippen molar-refractivity contribution in [3.05, 3.63) is 50.6 Å². The van der Waals surface area contributed by atoms with Crippen LogP contribution in [0.15, 0.2) is 40.2 Å². The zero-order chi connectivity index (χ0) is 13.8. The zero-order valence-electron chi connectivity index (χ0n) is 11.3. The number of hydrogen-bond donors (Lipinski definition) is 1. The van der Waals surface area contributed by atoms with Crippen LogP contribution in [-0.4, -0.2) is 13.1 Å². The maximum Gasteiger partial charge on any atom is 0.0519 e. The van der Waals surface area contributed by atoms with Gasteiger partial charge in [0, 0.05) is 28.1 Å². The Morgan fingerprint density at radius 3 is 2.79 bits per heavy atom. The molecule has 1 heterocycles. The van der Waals surface area contributed by atoms with Gasteiger partial charge in [0.2, 0.25) is 0 Å². The molecule has 2 N–H and O–H groups in total. The van der Waals surface area contributed by atoms with Crippen LogP contribution in [-0.2, 0) is 13.0 Å². The average molecular weight is 339 g/mol. The lowest BCUT2D eigenvalue weighted by Crippen LogP contribution is -2.22. The van der Waals surface area contributed by atoms with E-state index in [0.717, 1.165) is 17.4 Å². The average Bonchev–Trinajstić information content (AvgIpc) is 2.83. The number of nitrogens with two attached hydrogens (primary N) is 1. The van der Waals surface area contributed by atoms with Gasteiger partial charge in [0.15, 0.2) is 0 Å². The number of halogens is 1. The summed E-state index contributed by atoms with van der Waals surface area (Å²) in [6, 6.07) is 10.9. The fourth-order valence-electron chi connectivity index (χ4n) is 2.13. The van der Waals surface area contributed by atoms with E-state index in [1.807, 2.05) is 6.92 Å². The van der Waals surface area contributed by atoms with Gasteiger partial charge in [-0.3, -0.25) is 0 Å². The van der Waals surface area contributed by atoms with Gasteiger partial charge in [0.05, 0.1) is 6.54 Å². The Hall–Kier alpha value is -0.840. The van der Waals surface area contributed by atoms with Gasteiger partial charge in [0.1, 0.15) is 0 Å². The minimum Gasteiger partial charge on any atom is -0.369 e. The molecule has 1 aromatic carbocycles. The van der Waals surface area contributed by atoms with Gasteiger partial charge < -0.3 is 10.6 Å². The molecular weight excluding hydrogens is 320 g/mol. The fraction of sp³-hybridized carbons (Fsp3) is 0.333. The molecule has 0 saturated carbocycles. The summed E-state index contributed by atoms with van der Waals surface area (Å²) in [5.74, 6) is 0. The number of thiophene rings is 1. The Kier molecular flexibility index (Phi) is 5.02. The van der Waals surface area contributed by atoms with E-state index in [0.29, 0.717) is 0 Å². The molecule has 0 radical (unpaired) electrons. The Morgan fingerprint density at radius 1 is 1.37 bits per heavy atom. The molecule has 1 unspecified atom stereocenters. The summed E-state index contributed by atoms with van der Waals surface area (Å²) in [5, 5.41) is 2.12. The molecule has 19 heavy (non-hydrogen) atoms. The number of nitrogens with zero attached hydrogens (tertiary/aromatic N) is 1. The van der Waals surface area contributed by atoms with Crippen molar-refractivity contribution in [2.45, 2.75) is 25.9 Å². The molecule has 1 aromatic heterocycles. The van der Waals surface area contributed by atoms with Crippen LogP contribution in [0.5, 0.6) is 0 Å². The topological polar surface area (TPSA) is 29.3 Å². The fourth-order valence-corrected chi connectivity index (χ4v) is 3.24. The Balaban J connectivity index is 2.23. The van der Waals surface area contributed by atoms with Crippen LogP contribution in [0.3, 0.4) is 0 Å². The molecule has 0 bridgehead atoms. The van der Waals surface area contributed by atoms with Crippen LogP contribution in [0, 0.1) is 0 Å². The molecule has 0 spiro atoms. The number of hydrogen-bond acceptors (Lipinski definition) is 3. The molecule has 0 saturated heterocycles. The lowest BCUT2D eigenvalue weighted by Gasteiger charge is -2.23. The van der Waals surface area contributed by atoms with Gasteiger partial charge in [-0.1, -0.05) is 28.1 Å². The van der Waals surface area contributed by atoms with Gasteiger partial charge in [-0.2, -0.15) is 0 Å². The minimum absolute atomic E-state index is 0.176. The van der Waals surface area contributed by atoms with Gasteiger partial charge in [-0.05, 0) is 42.5 Å². The quantitative estimate of drug-likeness (QED) is 0.891. The van der Waals surface area contributed by atoms with Crippen molar-refractivity contribution in [2.24, 2.45) is 5.73 Å². The summed E-state index contributed by atoms with van der Waals surface area (Å²) in [7, 11) is 2.13. The molecule has 1 atom stereocenters. The van der Waals surface area contributed by atoms with Gasteiger partial charge >= 0.3 is 0 Å². The monoisotopic (exact) mass is 338 g/mol. The van der Waals surface area contributed by atoms with Gasteiger partial charge in [-0.25, -0.2) is 0 Å². The molecule has 2 aromatic rings. The summed E-state index contributed by atoms with van der Waals surface area (Å²) in [6.07, 6.45) is 0.900. The van der Waals surface area contributed by atoms with Crippen molar-refractivity contribution in [1.29, 1.82) is 0 Å². The molecule has 102 valence electrons. The third-order valence-electron chi connectivity index (χ3n) is 2.97. The molecular formula is C15H19BrN2S. The predicted octanol–water partition coefficient (Wildman–Crippen LogP) is 4.04. The lowest BCUT2D eigenvalue weighted by atomic mass is 10.0. The van der Waals surface area contributed by atoms with Crippen LogP contribution >= 0.6 is 27.3 Å². The summed E-state index contributed by atoms with van der Waals surface area (Å²) in [4.78, 5) is 3.66. The molecule has 2 nitrogen and oxygen atoms in total. The normalized spacial score (nSPS) is 12.4. The van der Waals surface area contributed by atoms with Crippen LogP contribution < -0.4 is 10.6 Å². The highest BCUT2D eigenvalue weighted by Gasteiger charge is 2.10. The minimum atomic E-state index is 0.176. The number of rotatable bonds is 5. The Bertz CT molecular complexity index is 523. The first kappa shape index (κ1) is 14.6. The highest BCUT2D eigenvalue weighted by atomic mass is 79.9. The van der Waals surface area contributed by atoms with Crippen molar-refractivity contribution < 1.29 is 0 Å². The summed E-state index contributed by atoms with van der Waals surface area (Å²) in [6.45, 7) is 2.98. The first-order valence-corrected chi connectivity index (χ1v) is 8.01. The summed E-state index contributed by atoms with van der Waals surface area (Å²) >= 11 is 5.35. The van der Waals surface area contributed by atoms with E-state index in [1.165, 1.54) is 16.1 Å². The smallest absolute Gasteiger partial charge is 0.0519 e. The standard InChI is InChI=1S/C15H19BrN2S/c1-11(17)8-12-5-6-13(16)9-15(12)18(2)10-14-4-3-7-19-14/h3-7,9,11H,8,10,17H2,1-2H3. The summed E-state index contributed by atoms with van der Waals surface area (Å²) < 4.78 is 1.11. The lowest BCUT2D eigenvalue weighted by molar-refractivity contribution is 0.734. The molecule has 0 aliphatic rings. The van der Waals surface area contributed by atoms with E-state index < -0.39 is 0 Å². The predicted molar refractivity (Wildman–Crippen MR) is 87.9 cm³/mol. The van der Waals surface area contributed by atoms with Crippen LogP contribution in [0.25, 0.3) is 0 Å². The van der Waals surface area contributed by atoms with Crippen molar-refractivity contribution in [3.63, 3.8) is 0 Å². The maximum atomic E-state index is 5.94. The van der Waals surface area contributed by atoms with E-state index in [4.69, 9.17) is 5.73 Å². The van der Waals surface area contributed by atoms with Crippen molar-refractivity contribution in [3.8, 4) is 0 Å². The highest BCUT2D eigenvalue weighted by molar-refractivity contribution is 9.10. The maximum absolute atomic E-state index is 5.94. The van der Waals surface area contributed by atoms with Gasteiger partial charge in [-0.15, -0.1) is 11.3 Å². The second-order valence-electron chi connectivity index (χ2n) is 4.89. The Morgan fingerprint density at radius 2 is 2.16 bits per heavy atom. The second kappa shape index (κ2) is 6.55. The largest absolute Gasteiger partial charge is 0.369 e. The van der Waals surface area contributed by atoms with Gasteiger partial charge in [0.25, 0.3) is 0 Å². The van der Waals surface area contributed by atoms with Crippen molar-refractivity contribution >= 4 is 33.0 Å². The third kappa shape index (κ3) is 4.06. The molecule has 0 aliphatic heterocycles. The van der Waals surface area contributed by atoms with Crippen LogP contribution in [0.2, 0.25) is 0 Å². The summed E-state index contributed by atoms with van der Waals surface area (Å²) in [5.41, 5.74) is 8.49.